The Balaban J connectivity index is 1.86. The number of methoxy groups -OCH3 is 1. The van der Waals surface area contributed by atoms with E-state index in [0.717, 1.165) is 5.56 Å². The Bertz CT molecular complexity index is 916. The summed E-state index contributed by atoms with van der Waals surface area (Å²) in [5.74, 6) is -0.798. The van der Waals surface area contributed by atoms with Gasteiger partial charge < -0.3 is 14.8 Å². The molecule has 0 bridgehead atoms. The summed E-state index contributed by atoms with van der Waals surface area (Å²) in [4.78, 5) is 36.2. The molecule has 0 aromatic heterocycles. The minimum Gasteiger partial charge on any atom is -0.495 e. The highest BCUT2D eigenvalue weighted by molar-refractivity contribution is 6.30. The van der Waals surface area contributed by atoms with Crippen molar-refractivity contribution in [2.24, 2.45) is 0 Å². The molecule has 0 unspecified atom stereocenters. The number of benzene rings is 2. The van der Waals surface area contributed by atoms with Crippen molar-refractivity contribution in [2.45, 2.75) is 39.0 Å². The van der Waals surface area contributed by atoms with Crippen molar-refractivity contribution in [1.82, 2.24) is 0 Å². The third-order valence-electron chi connectivity index (χ3n) is 4.43. The first kappa shape index (κ1) is 23.4. The molecule has 0 aliphatic heterocycles. The third-order valence-corrected chi connectivity index (χ3v) is 4.68. The molecule has 2 rings (SSSR count). The molecule has 0 spiro atoms. The van der Waals surface area contributed by atoms with Crippen LogP contribution in [0.15, 0.2) is 42.5 Å². The fourth-order valence-electron chi connectivity index (χ4n) is 2.67. The van der Waals surface area contributed by atoms with Crippen LogP contribution in [-0.4, -0.2) is 31.4 Å². The number of nitrogens with one attached hydrogen (secondary N) is 1. The summed E-state index contributed by atoms with van der Waals surface area (Å²) in [6, 6.07) is 12.0. The van der Waals surface area contributed by atoms with Gasteiger partial charge in [0.2, 0.25) is 0 Å². The lowest BCUT2D eigenvalue weighted by Crippen LogP contribution is -2.22. The van der Waals surface area contributed by atoms with Crippen molar-refractivity contribution in [3.05, 3.63) is 58.6 Å². The van der Waals surface area contributed by atoms with E-state index in [9.17, 15) is 14.4 Å². The Hall–Kier alpha value is -2.86. The molecule has 2 aromatic rings. The van der Waals surface area contributed by atoms with Crippen LogP contribution in [0.5, 0.6) is 5.75 Å². The number of carbonyl (C=O) groups is 3. The number of anilines is 1. The lowest BCUT2D eigenvalue weighted by molar-refractivity contribution is -0.147. The van der Waals surface area contributed by atoms with Gasteiger partial charge in [-0.1, -0.05) is 38.4 Å². The number of ether oxygens (including phenoxy) is 2. The van der Waals surface area contributed by atoms with Crippen molar-refractivity contribution < 1.29 is 23.9 Å². The summed E-state index contributed by atoms with van der Waals surface area (Å²) in [7, 11) is 1.51. The first-order chi connectivity index (χ1) is 14.1. The Labute approximate surface area is 181 Å². The van der Waals surface area contributed by atoms with Crippen LogP contribution in [0, 0.1) is 0 Å². The topological polar surface area (TPSA) is 81.7 Å². The van der Waals surface area contributed by atoms with E-state index in [1.165, 1.54) is 7.11 Å². The second-order valence-corrected chi connectivity index (χ2v) is 8.24. The maximum atomic E-state index is 12.2. The standard InChI is InChI=1S/C23H26ClNO5/c1-23(2,3)16-7-11-20(29-4)18(13-16)25-21(27)14-30-22(28)12-10-19(26)15-5-8-17(24)9-6-15/h5-9,11,13H,10,12,14H2,1-4H3,(H,25,27). The van der Waals surface area contributed by atoms with Gasteiger partial charge in [0.25, 0.3) is 5.91 Å². The lowest BCUT2D eigenvalue weighted by Gasteiger charge is -2.21. The highest BCUT2D eigenvalue weighted by Gasteiger charge is 2.18. The zero-order valence-electron chi connectivity index (χ0n) is 17.6. The summed E-state index contributed by atoms with van der Waals surface area (Å²) in [5, 5.41) is 3.23. The number of Topliss-reactive ketones (excluding diaryl/α,β-unsaturated/α-hetero) is 1. The highest BCUT2D eigenvalue weighted by Crippen LogP contribution is 2.31. The van der Waals surface area contributed by atoms with Crippen LogP contribution in [0.25, 0.3) is 0 Å². The third kappa shape index (κ3) is 6.88. The molecule has 30 heavy (non-hydrogen) atoms. The van der Waals surface area contributed by atoms with E-state index in [1.807, 2.05) is 12.1 Å². The SMILES string of the molecule is COc1ccc(C(C)(C)C)cc1NC(=O)COC(=O)CCC(=O)c1ccc(Cl)cc1. The number of esters is 1. The van der Waals surface area contributed by atoms with E-state index in [2.05, 4.69) is 26.1 Å². The van der Waals surface area contributed by atoms with Gasteiger partial charge >= 0.3 is 5.97 Å². The minimum atomic E-state index is -0.622. The van der Waals surface area contributed by atoms with Crippen LogP contribution < -0.4 is 10.1 Å². The molecule has 0 aliphatic carbocycles. The highest BCUT2D eigenvalue weighted by atomic mass is 35.5. The molecule has 1 amide bonds. The maximum absolute atomic E-state index is 12.2. The first-order valence-corrected chi connectivity index (χ1v) is 9.90. The molecule has 0 fully saturated rings. The Morgan fingerprint density at radius 2 is 1.67 bits per heavy atom. The molecule has 6 nitrogen and oxygen atoms in total. The molecule has 2 aromatic carbocycles. The van der Waals surface area contributed by atoms with Crippen molar-refractivity contribution >= 4 is 34.9 Å². The van der Waals surface area contributed by atoms with Crippen LogP contribution in [0.1, 0.15) is 49.5 Å². The normalized spacial score (nSPS) is 11.0. The first-order valence-electron chi connectivity index (χ1n) is 9.53. The van der Waals surface area contributed by atoms with Gasteiger partial charge in [0.1, 0.15) is 5.75 Å². The minimum absolute atomic E-state index is 0.0104. The fraction of sp³-hybridized carbons (Fsp3) is 0.348. The van der Waals surface area contributed by atoms with Gasteiger partial charge in [0.05, 0.1) is 19.2 Å². The van der Waals surface area contributed by atoms with Gasteiger partial charge in [-0.25, -0.2) is 0 Å². The van der Waals surface area contributed by atoms with Crippen molar-refractivity contribution in [3.8, 4) is 5.75 Å². The molecule has 7 heteroatoms. The van der Waals surface area contributed by atoms with Crippen LogP contribution in [-0.2, 0) is 19.7 Å². The number of rotatable bonds is 8. The second-order valence-electron chi connectivity index (χ2n) is 7.80. The summed E-state index contributed by atoms with van der Waals surface area (Å²) >= 11 is 5.79. The Kier molecular flexibility index (Phi) is 8.00. The predicted molar refractivity (Wildman–Crippen MR) is 116 cm³/mol. The van der Waals surface area contributed by atoms with E-state index in [1.54, 1.807) is 30.3 Å². The molecular weight excluding hydrogens is 406 g/mol. The molecule has 0 atom stereocenters. The van der Waals surface area contributed by atoms with Crippen LogP contribution in [0.4, 0.5) is 5.69 Å². The molecule has 0 saturated heterocycles. The average Bonchev–Trinajstić information content (AvgIpc) is 2.70. The quantitative estimate of drug-likeness (QED) is 0.480. The van der Waals surface area contributed by atoms with Gasteiger partial charge in [-0.05, 0) is 47.4 Å². The molecule has 0 saturated carbocycles. The molecular formula is C23H26ClNO5. The summed E-state index contributed by atoms with van der Waals surface area (Å²) in [6.45, 7) is 5.74. The van der Waals surface area contributed by atoms with E-state index in [-0.39, 0.29) is 24.0 Å². The fourth-order valence-corrected chi connectivity index (χ4v) is 2.80. The zero-order valence-corrected chi connectivity index (χ0v) is 18.3. The van der Waals surface area contributed by atoms with E-state index >= 15 is 0 Å². The van der Waals surface area contributed by atoms with E-state index < -0.39 is 18.5 Å². The average molecular weight is 432 g/mol. The number of ketones is 1. The van der Waals surface area contributed by atoms with Crippen molar-refractivity contribution in [3.63, 3.8) is 0 Å². The Morgan fingerprint density at radius 3 is 2.27 bits per heavy atom. The number of carbonyl (C=O) groups excluding carboxylic acids is 3. The Morgan fingerprint density at radius 1 is 1.00 bits per heavy atom. The summed E-state index contributed by atoms with van der Waals surface area (Å²) < 4.78 is 10.3. The molecule has 0 aliphatic rings. The van der Waals surface area contributed by atoms with Gasteiger partial charge in [-0.3, -0.25) is 14.4 Å². The van der Waals surface area contributed by atoms with Gasteiger partial charge in [0.15, 0.2) is 12.4 Å². The number of halogens is 1. The van der Waals surface area contributed by atoms with Gasteiger partial charge in [-0.15, -0.1) is 0 Å². The number of amides is 1. The second kappa shape index (κ2) is 10.3. The lowest BCUT2D eigenvalue weighted by atomic mass is 9.87. The summed E-state index contributed by atoms with van der Waals surface area (Å²) in [5.41, 5.74) is 1.89. The number of hydrogen-bond donors (Lipinski definition) is 1. The molecule has 0 heterocycles. The van der Waals surface area contributed by atoms with E-state index in [0.29, 0.717) is 22.0 Å². The van der Waals surface area contributed by atoms with Crippen LogP contribution in [0.3, 0.4) is 0 Å². The maximum Gasteiger partial charge on any atom is 0.306 e. The largest absolute Gasteiger partial charge is 0.495 e. The monoisotopic (exact) mass is 431 g/mol. The molecule has 0 radical (unpaired) electrons. The zero-order chi connectivity index (χ0) is 22.3. The van der Waals surface area contributed by atoms with Crippen molar-refractivity contribution in [2.75, 3.05) is 19.0 Å². The summed E-state index contributed by atoms with van der Waals surface area (Å²) in [6.07, 6.45) is -0.124. The van der Waals surface area contributed by atoms with Gasteiger partial charge in [0, 0.05) is 17.0 Å². The molecule has 1 N–H and O–H groups in total. The van der Waals surface area contributed by atoms with Crippen molar-refractivity contribution in [1.29, 1.82) is 0 Å². The predicted octanol–water partition coefficient (Wildman–Crippen LogP) is 4.79. The van der Waals surface area contributed by atoms with Crippen LogP contribution in [0.2, 0.25) is 5.02 Å². The smallest absolute Gasteiger partial charge is 0.306 e. The number of hydrogen-bond acceptors (Lipinski definition) is 5. The molecule has 160 valence electrons. The van der Waals surface area contributed by atoms with Crippen LogP contribution >= 0.6 is 11.6 Å². The van der Waals surface area contributed by atoms with E-state index in [4.69, 9.17) is 21.1 Å². The van der Waals surface area contributed by atoms with Gasteiger partial charge in [-0.2, -0.15) is 0 Å².